The van der Waals surface area contributed by atoms with Crippen LogP contribution in [0.2, 0.25) is 0 Å². The van der Waals surface area contributed by atoms with Crippen LogP contribution in [0.3, 0.4) is 0 Å². The minimum atomic E-state index is -0.438. The van der Waals surface area contributed by atoms with Crippen LogP contribution in [0.15, 0.2) is 200 Å². The molecule has 0 aliphatic heterocycles. The number of hydrogen-bond acceptors (Lipinski definition) is 1. The Hall–Kier alpha value is -6.70. The van der Waals surface area contributed by atoms with Crippen LogP contribution in [0.25, 0.3) is 43.8 Å². The highest BCUT2D eigenvalue weighted by atomic mass is 15.1. The fraction of sp³-hybridized carbons (Fsp3) is 0.0741. The SMILES string of the molecule is CC1(C)c2ccc(N(c3ccc4c(c3)-c3ccccc3C4(c3ccccc3)c3ccccc3)c3ccc4ccccc4c3)cc2-c2cc3ccccc3cc21. The van der Waals surface area contributed by atoms with Crippen molar-refractivity contribution in [3.05, 3.63) is 234 Å². The minimum Gasteiger partial charge on any atom is -0.310 e. The Morgan fingerprint density at radius 3 is 1.44 bits per heavy atom. The maximum absolute atomic E-state index is 2.46. The first-order valence-corrected chi connectivity index (χ1v) is 19.3. The van der Waals surface area contributed by atoms with Gasteiger partial charge in [0.15, 0.2) is 0 Å². The molecule has 9 aromatic rings. The van der Waals surface area contributed by atoms with Crippen molar-refractivity contribution in [2.45, 2.75) is 24.7 Å². The predicted molar refractivity (Wildman–Crippen MR) is 231 cm³/mol. The van der Waals surface area contributed by atoms with Crippen molar-refractivity contribution in [2.24, 2.45) is 0 Å². The molecule has 0 saturated heterocycles. The lowest BCUT2D eigenvalue weighted by molar-refractivity contribution is 0.661. The highest BCUT2D eigenvalue weighted by molar-refractivity contribution is 5.97. The molecule has 0 bridgehead atoms. The fourth-order valence-corrected chi connectivity index (χ4v) is 9.90. The van der Waals surface area contributed by atoms with Crippen LogP contribution in [0.4, 0.5) is 17.1 Å². The van der Waals surface area contributed by atoms with Crippen molar-refractivity contribution < 1.29 is 0 Å². The van der Waals surface area contributed by atoms with Gasteiger partial charge in [0.25, 0.3) is 0 Å². The Morgan fingerprint density at radius 2 is 0.764 bits per heavy atom. The van der Waals surface area contributed by atoms with Gasteiger partial charge >= 0.3 is 0 Å². The fourth-order valence-electron chi connectivity index (χ4n) is 9.90. The maximum Gasteiger partial charge on any atom is 0.0713 e. The molecular weight excluding hydrogens is 663 g/mol. The highest BCUT2D eigenvalue weighted by Gasteiger charge is 2.46. The van der Waals surface area contributed by atoms with Crippen LogP contribution in [0.5, 0.6) is 0 Å². The first-order chi connectivity index (χ1) is 27.0. The van der Waals surface area contributed by atoms with Gasteiger partial charge in [0, 0.05) is 22.5 Å². The van der Waals surface area contributed by atoms with Gasteiger partial charge in [-0.2, -0.15) is 0 Å². The standard InChI is InChI=1S/C54H39N/c1-53(2)49-29-27-43(35-48(49)46-32-38-17-11-12-18-39(38)33-52(46)53)55(42-26-25-36-15-9-10-16-37(36)31-42)44-28-30-51-47(34-44)45-23-13-14-24-50(45)54(51,40-19-5-3-6-20-40)41-21-7-4-8-22-41/h3-35H,1-2H3. The van der Waals surface area contributed by atoms with Gasteiger partial charge in [-0.05, 0) is 126 Å². The van der Waals surface area contributed by atoms with Crippen molar-refractivity contribution in [2.75, 3.05) is 4.90 Å². The lowest BCUT2D eigenvalue weighted by Crippen LogP contribution is -2.28. The molecule has 9 aromatic carbocycles. The highest BCUT2D eigenvalue weighted by Crippen LogP contribution is 2.58. The largest absolute Gasteiger partial charge is 0.310 e. The Bertz CT molecular complexity index is 2920. The summed E-state index contributed by atoms with van der Waals surface area (Å²) in [5.74, 6) is 0. The number of rotatable bonds is 5. The Balaban J connectivity index is 1.16. The van der Waals surface area contributed by atoms with Crippen LogP contribution in [0.1, 0.15) is 47.2 Å². The molecular formula is C54H39N. The zero-order chi connectivity index (χ0) is 36.7. The van der Waals surface area contributed by atoms with E-state index >= 15 is 0 Å². The molecule has 0 aromatic heterocycles. The lowest BCUT2D eigenvalue weighted by Gasteiger charge is -2.34. The summed E-state index contributed by atoms with van der Waals surface area (Å²) in [6.07, 6.45) is 0. The van der Waals surface area contributed by atoms with Crippen LogP contribution >= 0.6 is 0 Å². The molecule has 0 atom stereocenters. The van der Waals surface area contributed by atoms with E-state index in [2.05, 4.69) is 219 Å². The molecule has 2 aliphatic carbocycles. The number of benzene rings is 9. The maximum atomic E-state index is 2.46. The zero-order valence-corrected chi connectivity index (χ0v) is 31.0. The van der Waals surface area contributed by atoms with Gasteiger partial charge in [0.05, 0.1) is 5.41 Å². The minimum absolute atomic E-state index is 0.101. The van der Waals surface area contributed by atoms with E-state index in [4.69, 9.17) is 0 Å². The van der Waals surface area contributed by atoms with Gasteiger partial charge in [0.2, 0.25) is 0 Å². The Kier molecular flexibility index (Phi) is 6.88. The third-order valence-electron chi connectivity index (χ3n) is 12.5. The molecule has 0 spiro atoms. The molecule has 2 aliphatic rings. The monoisotopic (exact) mass is 701 g/mol. The summed E-state index contributed by atoms with van der Waals surface area (Å²) in [5, 5.41) is 5.03. The van der Waals surface area contributed by atoms with Crippen LogP contribution in [-0.4, -0.2) is 0 Å². The summed E-state index contributed by atoms with van der Waals surface area (Å²) in [7, 11) is 0. The Labute approximate surface area is 322 Å². The van der Waals surface area contributed by atoms with E-state index in [0.29, 0.717) is 0 Å². The van der Waals surface area contributed by atoms with E-state index in [9.17, 15) is 0 Å². The van der Waals surface area contributed by atoms with Gasteiger partial charge in [-0.25, -0.2) is 0 Å². The summed E-state index contributed by atoms with van der Waals surface area (Å²) in [6.45, 7) is 4.74. The van der Waals surface area contributed by atoms with Crippen LogP contribution in [-0.2, 0) is 10.8 Å². The van der Waals surface area contributed by atoms with Gasteiger partial charge < -0.3 is 4.90 Å². The van der Waals surface area contributed by atoms with Crippen molar-refractivity contribution in [1.82, 2.24) is 0 Å². The average Bonchev–Trinajstić information content (AvgIpc) is 3.65. The van der Waals surface area contributed by atoms with E-state index in [1.54, 1.807) is 0 Å². The van der Waals surface area contributed by atoms with E-state index in [1.165, 1.54) is 77.2 Å². The van der Waals surface area contributed by atoms with Crippen molar-refractivity contribution in [3.8, 4) is 22.3 Å². The molecule has 0 saturated carbocycles. The molecule has 55 heavy (non-hydrogen) atoms. The molecule has 0 N–H and O–H groups in total. The third kappa shape index (κ3) is 4.60. The second-order valence-electron chi connectivity index (χ2n) is 15.7. The normalized spacial score (nSPS) is 14.3. The molecule has 1 nitrogen and oxygen atoms in total. The van der Waals surface area contributed by atoms with Crippen molar-refractivity contribution >= 4 is 38.6 Å². The summed E-state index contributed by atoms with van der Waals surface area (Å²) >= 11 is 0. The van der Waals surface area contributed by atoms with Crippen molar-refractivity contribution in [1.29, 1.82) is 0 Å². The van der Waals surface area contributed by atoms with Gasteiger partial charge in [0.1, 0.15) is 0 Å². The van der Waals surface area contributed by atoms with Crippen LogP contribution in [0, 0.1) is 0 Å². The quantitative estimate of drug-likeness (QED) is 0.173. The number of hydrogen-bond donors (Lipinski definition) is 0. The smallest absolute Gasteiger partial charge is 0.0713 e. The average molecular weight is 702 g/mol. The molecule has 0 fully saturated rings. The third-order valence-corrected chi connectivity index (χ3v) is 12.5. The van der Waals surface area contributed by atoms with Gasteiger partial charge in [-0.15, -0.1) is 0 Å². The first kappa shape index (κ1) is 31.8. The van der Waals surface area contributed by atoms with Gasteiger partial charge in [-0.1, -0.05) is 166 Å². The van der Waals surface area contributed by atoms with Crippen molar-refractivity contribution in [3.63, 3.8) is 0 Å². The summed E-state index contributed by atoms with van der Waals surface area (Å²) in [6, 6.07) is 74.6. The summed E-state index contributed by atoms with van der Waals surface area (Å²) in [5.41, 5.74) is 16.0. The molecule has 0 radical (unpaired) electrons. The topological polar surface area (TPSA) is 3.24 Å². The van der Waals surface area contributed by atoms with Gasteiger partial charge in [-0.3, -0.25) is 0 Å². The second kappa shape index (κ2) is 11.9. The van der Waals surface area contributed by atoms with E-state index in [0.717, 1.165) is 17.1 Å². The first-order valence-electron chi connectivity index (χ1n) is 19.3. The van der Waals surface area contributed by atoms with E-state index < -0.39 is 5.41 Å². The van der Waals surface area contributed by atoms with Crippen LogP contribution < -0.4 is 4.90 Å². The molecule has 1 heteroatoms. The molecule has 0 amide bonds. The molecule has 11 rings (SSSR count). The molecule has 0 heterocycles. The van der Waals surface area contributed by atoms with E-state index in [1.807, 2.05) is 0 Å². The zero-order valence-electron chi connectivity index (χ0n) is 31.0. The lowest BCUT2D eigenvalue weighted by atomic mass is 9.68. The number of fused-ring (bicyclic) bond motifs is 8. The molecule has 260 valence electrons. The number of anilines is 3. The number of nitrogens with zero attached hydrogens (tertiary/aromatic N) is 1. The molecule has 0 unspecified atom stereocenters. The Morgan fingerprint density at radius 1 is 0.309 bits per heavy atom. The summed E-state index contributed by atoms with van der Waals surface area (Å²) < 4.78 is 0. The summed E-state index contributed by atoms with van der Waals surface area (Å²) in [4.78, 5) is 2.46. The van der Waals surface area contributed by atoms with E-state index in [-0.39, 0.29) is 5.41 Å². The second-order valence-corrected chi connectivity index (χ2v) is 15.7. The predicted octanol–water partition coefficient (Wildman–Crippen LogP) is 14.1.